The molecule has 0 aliphatic carbocycles. The minimum Gasteiger partial charge on any atom is -0.477 e. The van der Waals surface area contributed by atoms with E-state index in [2.05, 4.69) is 4.98 Å². The van der Waals surface area contributed by atoms with Crippen molar-refractivity contribution in [2.24, 2.45) is 0 Å². The number of hydrogen-bond donors (Lipinski definition) is 1. The molecule has 1 heterocycles. The normalized spacial score (nSPS) is 11.1. The van der Waals surface area contributed by atoms with Crippen LogP contribution < -0.4 is 0 Å². The molecule has 1 aromatic carbocycles. The van der Waals surface area contributed by atoms with Crippen LogP contribution in [-0.4, -0.2) is 16.1 Å². The Balaban J connectivity index is 0.00000162. The highest BCUT2D eigenvalue weighted by Gasteiger charge is 2.30. The lowest BCUT2D eigenvalue weighted by atomic mass is 10.1. The third-order valence-electron chi connectivity index (χ3n) is 2.27. The van der Waals surface area contributed by atoms with E-state index < -0.39 is 17.7 Å². The number of carbonyl (C=O) groups is 1. The van der Waals surface area contributed by atoms with E-state index in [9.17, 15) is 18.0 Å². The Morgan fingerprint density at radius 3 is 2.39 bits per heavy atom. The molecule has 0 atom stereocenters. The number of alkyl halides is 3. The van der Waals surface area contributed by atoms with E-state index in [1.54, 1.807) is 0 Å². The van der Waals surface area contributed by atoms with Crippen molar-refractivity contribution in [3.63, 3.8) is 0 Å². The summed E-state index contributed by atoms with van der Waals surface area (Å²) in [4.78, 5) is 14.2. The molecule has 3 nitrogen and oxygen atoms in total. The molecule has 1 aromatic heterocycles. The van der Waals surface area contributed by atoms with E-state index in [4.69, 9.17) is 5.11 Å². The number of carboxylic acid groups (broad SMARTS) is 1. The summed E-state index contributed by atoms with van der Waals surface area (Å²) < 4.78 is 37.2. The molecule has 0 unspecified atom stereocenters. The van der Waals surface area contributed by atoms with Crippen LogP contribution in [-0.2, 0) is 6.18 Å². The maximum atomic E-state index is 12.4. The second kappa shape index (κ2) is 4.81. The molecule has 7 heteroatoms. The first kappa shape index (κ1) is 14.2. The molecule has 0 spiro atoms. The van der Waals surface area contributed by atoms with Crippen molar-refractivity contribution in [2.75, 3.05) is 0 Å². The highest BCUT2D eigenvalue weighted by atomic mass is 35.5. The van der Waals surface area contributed by atoms with Gasteiger partial charge in [-0.1, -0.05) is 6.07 Å². The third-order valence-corrected chi connectivity index (χ3v) is 2.27. The molecule has 1 N–H and O–H groups in total. The molecule has 2 rings (SSSR count). The van der Waals surface area contributed by atoms with Gasteiger partial charge in [-0.3, -0.25) is 0 Å². The molecule has 96 valence electrons. The fourth-order valence-electron chi connectivity index (χ4n) is 1.43. The van der Waals surface area contributed by atoms with Gasteiger partial charge in [0.15, 0.2) is 0 Å². The summed E-state index contributed by atoms with van der Waals surface area (Å²) >= 11 is 0. The van der Waals surface area contributed by atoms with Crippen LogP contribution in [0.1, 0.15) is 16.1 Å². The molecule has 0 aliphatic rings. The molecule has 0 amide bonds. The first-order valence-electron chi connectivity index (χ1n) is 4.58. The van der Waals surface area contributed by atoms with Gasteiger partial charge in [-0.25, -0.2) is 9.78 Å². The summed E-state index contributed by atoms with van der Waals surface area (Å²) in [6.07, 6.45) is -3.30. The fraction of sp³-hybridized carbons (Fsp3) is 0.0909. The number of hydrogen-bond acceptors (Lipinski definition) is 2. The molecule has 0 fully saturated rings. The van der Waals surface area contributed by atoms with Crippen molar-refractivity contribution in [2.45, 2.75) is 6.18 Å². The van der Waals surface area contributed by atoms with Gasteiger partial charge in [0.05, 0.1) is 5.56 Å². The molecule has 0 aliphatic heterocycles. The Labute approximate surface area is 106 Å². The SMILES string of the molecule is Cl.O=C(O)c1cc2ccc(C(F)(F)F)cc2cn1. The topological polar surface area (TPSA) is 50.2 Å². The Morgan fingerprint density at radius 2 is 1.83 bits per heavy atom. The summed E-state index contributed by atoms with van der Waals surface area (Å²) in [5.74, 6) is -1.22. The first-order valence-corrected chi connectivity index (χ1v) is 4.58. The van der Waals surface area contributed by atoms with E-state index in [1.807, 2.05) is 0 Å². The zero-order valence-electron chi connectivity index (χ0n) is 8.73. The van der Waals surface area contributed by atoms with Gasteiger partial charge in [-0.2, -0.15) is 13.2 Å². The van der Waals surface area contributed by atoms with Gasteiger partial charge in [-0.15, -0.1) is 12.4 Å². The zero-order valence-corrected chi connectivity index (χ0v) is 9.55. The number of halogens is 4. The number of benzene rings is 1. The highest BCUT2D eigenvalue weighted by molar-refractivity contribution is 5.92. The molecule has 0 saturated carbocycles. The van der Waals surface area contributed by atoms with E-state index in [1.165, 1.54) is 12.1 Å². The number of rotatable bonds is 1. The quantitative estimate of drug-likeness (QED) is 0.869. The Bertz CT molecular complexity index is 598. The highest BCUT2D eigenvalue weighted by Crippen LogP contribution is 2.31. The zero-order chi connectivity index (χ0) is 12.6. The lowest BCUT2D eigenvalue weighted by Crippen LogP contribution is -2.05. The van der Waals surface area contributed by atoms with Gasteiger partial charge < -0.3 is 5.11 Å². The number of fused-ring (bicyclic) bond motifs is 1. The number of carboxylic acids is 1. The smallest absolute Gasteiger partial charge is 0.416 e. The van der Waals surface area contributed by atoms with Gasteiger partial charge >= 0.3 is 12.1 Å². The second-order valence-electron chi connectivity index (χ2n) is 3.43. The van der Waals surface area contributed by atoms with Crippen LogP contribution in [0.4, 0.5) is 13.2 Å². The van der Waals surface area contributed by atoms with Gasteiger partial charge in [0.1, 0.15) is 5.69 Å². The van der Waals surface area contributed by atoms with E-state index in [0.29, 0.717) is 5.39 Å². The predicted octanol–water partition coefficient (Wildman–Crippen LogP) is 3.37. The van der Waals surface area contributed by atoms with E-state index in [-0.39, 0.29) is 23.5 Å². The number of aromatic carboxylic acids is 1. The van der Waals surface area contributed by atoms with Gasteiger partial charge in [0.2, 0.25) is 0 Å². The van der Waals surface area contributed by atoms with Crippen LogP contribution in [0.25, 0.3) is 10.8 Å². The minimum atomic E-state index is -4.42. The molecular formula is C11H7ClF3NO2. The van der Waals surface area contributed by atoms with Crippen molar-refractivity contribution < 1.29 is 23.1 Å². The van der Waals surface area contributed by atoms with Crippen LogP contribution in [0.5, 0.6) is 0 Å². The van der Waals surface area contributed by atoms with Crippen molar-refractivity contribution in [1.29, 1.82) is 0 Å². The minimum absolute atomic E-state index is 0. The van der Waals surface area contributed by atoms with Crippen LogP contribution >= 0.6 is 12.4 Å². The lowest BCUT2D eigenvalue weighted by Gasteiger charge is -2.07. The Morgan fingerprint density at radius 1 is 1.17 bits per heavy atom. The van der Waals surface area contributed by atoms with Gasteiger partial charge in [0.25, 0.3) is 0 Å². The molecule has 2 aromatic rings. The maximum Gasteiger partial charge on any atom is 0.416 e. The summed E-state index contributed by atoms with van der Waals surface area (Å²) in [7, 11) is 0. The molecule has 0 bridgehead atoms. The number of aromatic nitrogens is 1. The largest absolute Gasteiger partial charge is 0.477 e. The van der Waals surface area contributed by atoms with Crippen LogP contribution in [0.15, 0.2) is 30.5 Å². The molecular weight excluding hydrogens is 271 g/mol. The third kappa shape index (κ3) is 2.70. The predicted molar refractivity (Wildman–Crippen MR) is 61.0 cm³/mol. The van der Waals surface area contributed by atoms with Gasteiger partial charge in [0, 0.05) is 11.6 Å². The maximum absolute atomic E-state index is 12.4. The van der Waals surface area contributed by atoms with Crippen molar-refractivity contribution in [1.82, 2.24) is 4.98 Å². The second-order valence-corrected chi connectivity index (χ2v) is 3.43. The fourth-order valence-corrected chi connectivity index (χ4v) is 1.43. The van der Waals surface area contributed by atoms with Crippen LogP contribution in [0.3, 0.4) is 0 Å². The first-order chi connectivity index (χ1) is 7.88. The van der Waals surface area contributed by atoms with Crippen molar-refractivity contribution in [3.05, 3.63) is 41.7 Å². The summed E-state index contributed by atoms with van der Waals surface area (Å²) in [6.45, 7) is 0. The van der Waals surface area contributed by atoms with Crippen LogP contribution in [0, 0.1) is 0 Å². The van der Waals surface area contributed by atoms with E-state index >= 15 is 0 Å². The summed E-state index contributed by atoms with van der Waals surface area (Å²) in [5.41, 5.74) is -0.980. The Hall–Kier alpha value is -1.82. The number of pyridine rings is 1. The summed E-state index contributed by atoms with van der Waals surface area (Å²) in [5, 5.41) is 9.35. The average molecular weight is 278 g/mol. The van der Waals surface area contributed by atoms with Crippen molar-refractivity contribution in [3.8, 4) is 0 Å². The van der Waals surface area contributed by atoms with E-state index in [0.717, 1.165) is 18.3 Å². The Kier molecular flexibility index (Phi) is 3.81. The average Bonchev–Trinajstić information content (AvgIpc) is 2.26. The summed E-state index contributed by atoms with van der Waals surface area (Å²) in [6, 6.07) is 4.31. The molecule has 18 heavy (non-hydrogen) atoms. The van der Waals surface area contributed by atoms with Crippen LogP contribution in [0.2, 0.25) is 0 Å². The standard InChI is InChI=1S/C11H6F3NO2.ClH/c12-11(13,14)8-2-1-6-4-9(10(16)17)15-5-7(6)3-8;/h1-5H,(H,16,17);1H. The monoisotopic (exact) mass is 277 g/mol. The number of nitrogens with zero attached hydrogens (tertiary/aromatic N) is 1. The molecule has 0 radical (unpaired) electrons. The van der Waals surface area contributed by atoms with Gasteiger partial charge in [-0.05, 0) is 23.6 Å². The lowest BCUT2D eigenvalue weighted by molar-refractivity contribution is -0.137. The molecule has 0 saturated heterocycles. The van der Waals surface area contributed by atoms with Crippen molar-refractivity contribution >= 4 is 29.1 Å².